The monoisotopic (exact) mass is 359 g/mol. The van der Waals surface area contributed by atoms with Crippen LogP contribution in [-0.2, 0) is 6.18 Å². The number of alkyl halides is 3. The zero-order valence-electron chi connectivity index (χ0n) is 14.5. The number of anilines is 1. The molecule has 0 aliphatic heterocycles. The van der Waals surface area contributed by atoms with Crippen LogP contribution in [0.3, 0.4) is 0 Å². The van der Waals surface area contributed by atoms with E-state index in [4.69, 9.17) is 5.26 Å². The van der Waals surface area contributed by atoms with Gasteiger partial charge in [-0.1, -0.05) is 6.07 Å². The molecule has 1 aromatic heterocycles. The van der Waals surface area contributed by atoms with E-state index in [2.05, 4.69) is 11.1 Å². The molecule has 26 heavy (non-hydrogen) atoms. The van der Waals surface area contributed by atoms with E-state index >= 15 is 0 Å². The average molecular weight is 359 g/mol. The number of hydrogen-bond acceptors (Lipinski definition) is 3. The highest BCUT2D eigenvalue weighted by Gasteiger charge is 2.35. The molecule has 0 bridgehead atoms. The highest BCUT2D eigenvalue weighted by molar-refractivity contribution is 5.55. The van der Waals surface area contributed by atoms with Gasteiger partial charge in [-0.05, 0) is 61.9 Å². The molecule has 6 heteroatoms. The second-order valence-electron chi connectivity index (χ2n) is 6.58. The minimum absolute atomic E-state index is 0.180. The molecular weight excluding hydrogens is 339 g/mol. The van der Waals surface area contributed by atoms with Gasteiger partial charge in [0.25, 0.3) is 0 Å². The molecular formula is C20H20F3N3. The molecule has 1 aliphatic carbocycles. The quantitative estimate of drug-likeness (QED) is 0.759. The molecule has 1 fully saturated rings. The SMILES string of the molecule is CCN(c1ccc(C#N)c(C(F)(F)F)c1)C1CCC(c2cccnc2)C1. The summed E-state index contributed by atoms with van der Waals surface area (Å²) in [7, 11) is 0. The Morgan fingerprint density at radius 1 is 1.27 bits per heavy atom. The summed E-state index contributed by atoms with van der Waals surface area (Å²) in [6.45, 7) is 2.57. The summed E-state index contributed by atoms with van der Waals surface area (Å²) in [6.07, 6.45) is 1.88. The van der Waals surface area contributed by atoms with Gasteiger partial charge in [-0.2, -0.15) is 18.4 Å². The molecule has 2 aromatic rings. The van der Waals surface area contributed by atoms with Crippen molar-refractivity contribution < 1.29 is 13.2 Å². The summed E-state index contributed by atoms with van der Waals surface area (Å²) < 4.78 is 39.8. The van der Waals surface area contributed by atoms with Crippen LogP contribution < -0.4 is 4.90 Å². The van der Waals surface area contributed by atoms with E-state index in [1.54, 1.807) is 18.3 Å². The van der Waals surface area contributed by atoms with Crippen molar-refractivity contribution in [3.63, 3.8) is 0 Å². The van der Waals surface area contributed by atoms with Gasteiger partial charge in [-0.25, -0.2) is 0 Å². The lowest BCUT2D eigenvalue weighted by atomic mass is 9.99. The first-order chi connectivity index (χ1) is 12.4. The van der Waals surface area contributed by atoms with Gasteiger partial charge in [-0.15, -0.1) is 0 Å². The van der Waals surface area contributed by atoms with Crippen LogP contribution in [0.15, 0.2) is 42.7 Å². The van der Waals surface area contributed by atoms with Gasteiger partial charge >= 0.3 is 6.18 Å². The first-order valence-electron chi connectivity index (χ1n) is 8.72. The first-order valence-corrected chi connectivity index (χ1v) is 8.72. The van der Waals surface area contributed by atoms with E-state index in [-0.39, 0.29) is 11.6 Å². The van der Waals surface area contributed by atoms with Crippen molar-refractivity contribution in [2.45, 2.75) is 44.3 Å². The van der Waals surface area contributed by atoms with Crippen molar-refractivity contribution in [1.82, 2.24) is 4.98 Å². The molecule has 1 heterocycles. The van der Waals surface area contributed by atoms with Crippen molar-refractivity contribution in [2.24, 2.45) is 0 Å². The molecule has 2 unspecified atom stereocenters. The van der Waals surface area contributed by atoms with E-state index in [9.17, 15) is 13.2 Å². The molecule has 1 aliphatic rings. The third-order valence-corrected chi connectivity index (χ3v) is 5.10. The smallest absolute Gasteiger partial charge is 0.369 e. The highest BCUT2D eigenvalue weighted by atomic mass is 19.4. The highest BCUT2D eigenvalue weighted by Crippen LogP contribution is 2.40. The number of aromatic nitrogens is 1. The lowest BCUT2D eigenvalue weighted by molar-refractivity contribution is -0.137. The molecule has 2 atom stereocenters. The van der Waals surface area contributed by atoms with Crippen LogP contribution in [0.25, 0.3) is 0 Å². The summed E-state index contributed by atoms with van der Waals surface area (Å²) >= 11 is 0. The molecule has 0 N–H and O–H groups in total. The van der Waals surface area contributed by atoms with Crippen LogP contribution >= 0.6 is 0 Å². The molecule has 3 rings (SSSR count). The fourth-order valence-corrected chi connectivity index (χ4v) is 3.86. The maximum Gasteiger partial charge on any atom is 0.417 e. The van der Waals surface area contributed by atoms with E-state index in [1.165, 1.54) is 11.6 Å². The second-order valence-corrected chi connectivity index (χ2v) is 6.58. The molecule has 0 radical (unpaired) electrons. The molecule has 1 aromatic carbocycles. The standard InChI is InChI=1S/C20H20F3N3/c1-2-26(17-7-5-14(10-17)16-4-3-9-25-13-16)18-8-6-15(12-24)19(11-18)20(21,22)23/h3-4,6,8-9,11,13-14,17H,2,5,7,10H2,1H3. The minimum atomic E-state index is -4.53. The van der Waals surface area contributed by atoms with Gasteiger partial charge in [0.15, 0.2) is 0 Å². The number of benzene rings is 1. The Hall–Kier alpha value is -2.55. The van der Waals surface area contributed by atoms with Crippen molar-refractivity contribution in [3.05, 3.63) is 59.4 Å². The van der Waals surface area contributed by atoms with Crippen LogP contribution in [0.2, 0.25) is 0 Å². The third-order valence-electron chi connectivity index (χ3n) is 5.10. The predicted molar refractivity (Wildman–Crippen MR) is 93.8 cm³/mol. The van der Waals surface area contributed by atoms with Crippen LogP contribution in [-0.4, -0.2) is 17.6 Å². The van der Waals surface area contributed by atoms with Gasteiger partial charge in [0.2, 0.25) is 0 Å². The van der Waals surface area contributed by atoms with Crippen molar-refractivity contribution in [1.29, 1.82) is 5.26 Å². The minimum Gasteiger partial charge on any atom is -0.369 e. The average Bonchev–Trinajstić information content (AvgIpc) is 3.12. The number of hydrogen-bond donors (Lipinski definition) is 0. The summed E-state index contributed by atoms with van der Waals surface area (Å²) in [5.41, 5.74) is 0.507. The Morgan fingerprint density at radius 2 is 2.08 bits per heavy atom. The van der Waals surface area contributed by atoms with Gasteiger partial charge < -0.3 is 4.90 Å². The van der Waals surface area contributed by atoms with Crippen molar-refractivity contribution in [2.75, 3.05) is 11.4 Å². The first kappa shape index (κ1) is 18.2. The van der Waals surface area contributed by atoms with E-state index in [1.807, 2.05) is 24.1 Å². The van der Waals surface area contributed by atoms with Crippen LogP contribution in [0.4, 0.5) is 18.9 Å². The third kappa shape index (κ3) is 3.67. The van der Waals surface area contributed by atoms with E-state index in [0.29, 0.717) is 18.2 Å². The molecule has 0 spiro atoms. The topological polar surface area (TPSA) is 39.9 Å². The zero-order valence-corrected chi connectivity index (χ0v) is 14.5. The second kappa shape index (κ2) is 7.36. The fourth-order valence-electron chi connectivity index (χ4n) is 3.86. The largest absolute Gasteiger partial charge is 0.417 e. The fraction of sp³-hybridized carbons (Fsp3) is 0.400. The van der Waals surface area contributed by atoms with Crippen LogP contribution in [0, 0.1) is 11.3 Å². The number of nitrogens with zero attached hydrogens (tertiary/aromatic N) is 3. The maximum absolute atomic E-state index is 13.3. The zero-order chi connectivity index (χ0) is 18.7. The summed E-state index contributed by atoms with van der Waals surface area (Å²) in [5.74, 6) is 0.378. The maximum atomic E-state index is 13.3. The molecule has 1 saturated carbocycles. The molecule has 0 amide bonds. The summed E-state index contributed by atoms with van der Waals surface area (Å²) in [4.78, 5) is 6.19. The molecule has 3 nitrogen and oxygen atoms in total. The van der Waals surface area contributed by atoms with Gasteiger partial charge in [0.05, 0.1) is 17.2 Å². The van der Waals surface area contributed by atoms with E-state index < -0.39 is 11.7 Å². The Morgan fingerprint density at radius 3 is 2.69 bits per heavy atom. The van der Waals surface area contributed by atoms with Crippen molar-refractivity contribution in [3.8, 4) is 6.07 Å². The van der Waals surface area contributed by atoms with Crippen LogP contribution in [0.1, 0.15) is 48.8 Å². The lowest BCUT2D eigenvalue weighted by Crippen LogP contribution is -2.33. The Bertz CT molecular complexity index is 796. The Labute approximate surface area is 151 Å². The van der Waals surface area contributed by atoms with Gasteiger partial charge in [0.1, 0.15) is 0 Å². The number of rotatable bonds is 4. The number of nitriles is 1. The Balaban J connectivity index is 1.85. The lowest BCUT2D eigenvalue weighted by Gasteiger charge is -2.31. The van der Waals surface area contributed by atoms with Gasteiger partial charge in [0, 0.05) is 30.7 Å². The predicted octanol–water partition coefficient (Wildman–Crippen LogP) is 5.13. The number of pyridine rings is 1. The van der Waals surface area contributed by atoms with E-state index in [0.717, 1.165) is 25.3 Å². The summed E-state index contributed by atoms with van der Waals surface area (Å²) in [6, 6.07) is 9.79. The molecule has 136 valence electrons. The van der Waals surface area contributed by atoms with Crippen LogP contribution in [0.5, 0.6) is 0 Å². The number of halogens is 3. The summed E-state index contributed by atoms with van der Waals surface area (Å²) in [5, 5.41) is 8.97. The Kier molecular flexibility index (Phi) is 5.17. The normalized spacial score (nSPS) is 20.0. The molecule has 0 saturated heterocycles. The van der Waals surface area contributed by atoms with Crippen molar-refractivity contribution >= 4 is 5.69 Å². The van der Waals surface area contributed by atoms with Gasteiger partial charge in [-0.3, -0.25) is 4.98 Å².